The molecule has 4 heterocycles. The number of benzene rings is 3. The van der Waals surface area contributed by atoms with Gasteiger partial charge in [0.1, 0.15) is 12.5 Å². The average molecular weight is 612 g/mol. The van der Waals surface area contributed by atoms with Crippen LogP contribution in [0.2, 0.25) is 0 Å². The zero-order valence-corrected chi connectivity index (χ0v) is 25.8. The summed E-state index contributed by atoms with van der Waals surface area (Å²) in [6, 6.07) is 28.8. The number of fused-ring (bicyclic) bond motifs is 4. The summed E-state index contributed by atoms with van der Waals surface area (Å²) in [5, 5.41) is 10.3. The Kier molecular flexibility index (Phi) is 7.53. The van der Waals surface area contributed by atoms with Gasteiger partial charge in [-0.1, -0.05) is 60.7 Å². The number of methoxy groups -OCH3 is 1. The van der Waals surface area contributed by atoms with Gasteiger partial charge in [-0.2, -0.15) is 0 Å². The number of carbonyl (C=O) groups excluding carboxylic acids is 2. The molecule has 230 valence electrons. The van der Waals surface area contributed by atoms with Gasteiger partial charge in [-0.3, -0.25) is 14.2 Å². The van der Waals surface area contributed by atoms with Crippen LogP contribution in [0.3, 0.4) is 0 Å². The van der Waals surface area contributed by atoms with Crippen LogP contribution >= 0.6 is 0 Å². The van der Waals surface area contributed by atoms with E-state index in [1.165, 1.54) is 0 Å². The van der Waals surface area contributed by atoms with E-state index >= 15 is 0 Å². The van der Waals surface area contributed by atoms with Crippen molar-refractivity contribution in [3.8, 4) is 23.0 Å². The fraction of sp³-hybridized carbons (Fsp3) is 0.194. The van der Waals surface area contributed by atoms with Gasteiger partial charge in [-0.05, 0) is 50.1 Å². The molecule has 1 aliphatic heterocycles. The Hall–Kier alpha value is -5.77. The Morgan fingerprint density at radius 2 is 1.67 bits per heavy atom. The standard InChI is InChI=1S/C36H33N7O3/c1-23(2)42(26-17-18-32(46-3)38-21-26)33(44)22-41-30-15-9-10-16-31(30)43-34(24-11-5-4-6-12-24)39-40-35(43)28(36(41)45)19-25-20-37-29-14-8-7-13-27(25)29/h4-18,20-21,23,28,37H,19,22H2,1-3H3. The maximum Gasteiger partial charge on any atom is 0.247 e. The Morgan fingerprint density at radius 1 is 0.935 bits per heavy atom. The predicted molar refractivity (Wildman–Crippen MR) is 177 cm³/mol. The average Bonchev–Trinajstić information content (AvgIpc) is 3.69. The number of carbonyl (C=O) groups is 2. The van der Waals surface area contributed by atoms with Gasteiger partial charge >= 0.3 is 0 Å². The number of rotatable bonds is 8. The maximum absolute atomic E-state index is 14.9. The number of hydrogen-bond acceptors (Lipinski definition) is 6. The summed E-state index contributed by atoms with van der Waals surface area (Å²) in [6.45, 7) is 3.70. The van der Waals surface area contributed by atoms with E-state index in [0.29, 0.717) is 35.3 Å². The molecular weight excluding hydrogens is 578 g/mol. The quantitative estimate of drug-likeness (QED) is 0.228. The fourth-order valence-corrected chi connectivity index (χ4v) is 6.27. The topological polar surface area (TPSA) is 109 Å². The second-order valence-corrected chi connectivity index (χ2v) is 11.5. The van der Waals surface area contributed by atoms with Gasteiger partial charge in [0.05, 0.1) is 30.4 Å². The Balaban J connectivity index is 1.36. The zero-order valence-electron chi connectivity index (χ0n) is 25.8. The van der Waals surface area contributed by atoms with Gasteiger partial charge in [0.2, 0.25) is 17.7 Å². The van der Waals surface area contributed by atoms with Crippen molar-refractivity contribution in [1.82, 2.24) is 24.7 Å². The minimum absolute atomic E-state index is 0.177. The summed E-state index contributed by atoms with van der Waals surface area (Å²) in [7, 11) is 1.55. The van der Waals surface area contributed by atoms with E-state index in [2.05, 4.69) is 20.2 Å². The Morgan fingerprint density at radius 3 is 2.41 bits per heavy atom. The Labute approximate surface area is 266 Å². The summed E-state index contributed by atoms with van der Waals surface area (Å²) in [5.41, 5.74) is 4.80. The predicted octanol–water partition coefficient (Wildman–Crippen LogP) is 5.93. The van der Waals surface area contributed by atoms with E-state index in [4.69, 9.17) is 4.74 Å². The first-order chi connectivity index (χ1) is 22.4. The minimum Gasteiger partial charge on any atom is -0.481 e. The summed E-state index contributed by atoms with van der Waals surface area (Å²) in [6.07, 6.45) is 3.92. The smallest absolute Gasteiger partial charge is 0.247 e. The van der Waals surface area contributed by atoms with Crippen LogP contribution < -0.4 is 14.5 Å². The number of ether oxygens (including phenoxy) is 1. The third-order valence-corrected chi connectivity index (χ3v) is 8.39. The van der Waals surface area contributed by atoms with E-state index in [1.807, 2.05) is 103 Å². The molecule has 46 heavy (non-hydrogen) atoms. The number of aromatic amines is 1. The van der Waals surface area contributed by atoms with Gasteiger partial charge < -0.3 is 19.5 Å². The molecule has 1 N–H and O–H groups in total. The molecule has 0 saturated heterocycles. The second-order valence-electron chi connectivity index (χ2n) is 11.5. The molecule has 1 atom stereocenters. The van der Waals surface area contributed by atoms with Gasteiger partial charge in [0, 0.05) is 34.8 Å². The van der Waals surface area contributed by atoms with Crippen molar-refractivity contribution in [2.75, 3.05) is 23.5 Å². The lowest BCUT2D eigenvalue weighted by Crippen LogP contribution is -2.47. The monoisotopic (exact) mass is 611 g/mol. The van der Waals surface area contributed by atoms with Crippen molar-refractivity contribution in [2.24, 2.45) is 0 Å². The summed E-state index contributed by atoms with van der Waals surface area (Å²) < 4.78 is 7.19. The lowest BCUT2D eigenvalue weighted by Gasteiger charge is -2.31. The molecule has 10 nitrogen and oxygen atoms in total. The maximum atomic E-state index is 14.9. The van der Waals surface area contributed by atoms with E-state index in [1.54, 1.807) is 35.2 Å². The number of pyridine rings is 1. The van der Waals surface area contributed by atoms with E-state index in [0.717, 1.165) is 27.7 Å². The molecule has 3 aromatic carbocycles. The highest BCUT2D eigenvalue weighted by molar-refractivity contribution is 6.07. The van der Waals surface area contributed by atoms with E-state index in [9.17, 15) is 9.59 Å². The number of amides is 2. The first-order valence-corrected chi connectivity index (χ1v) is 15.2. The number of para-hydroxylation sites is 3. The fourth-order valence-electron chi connectivity index (χ4n) is 6.27. The highest BCUT2D eigenvalue weighted by atomic mass is 16.5. The first-order valence-electron chi connectivity index (χ1n) is 15.2. The molecule has 0 aliphatic carbocycles. The zero-order chi connectivity index (χ0) is 31.8. The van der Waals surface area contributed by atoms with Gasteiger partial charge in [-0.25, -0.2) is 4.98 Å². The van der Waals surface area contributed by atoms with Crippen molar-refractivity contribution in [1.29, 1.82) is 0 Å². The van der Waals surface area contributed by atoms with Crippen molar-refractivity contribution in [3.63, 3.8) is 0 Å². The molecule has 0 spiro atoms. The second kappa shape index (κ2) is 12.0. The number of nitrogens with zero attached hydrogens (tertiary/aromatic N) is 6. The van der Waals surface area contributed by atoms with E-state index < -0.39 is 5.92 Å². The van der Waals surface area contributed by atoms with Crippen LogP contribution in [0.4, 0.5) is 11.4 Å². The highest BCUT2D eigenvalue weighted by Crippen LogP contribution is 2.39. The molecule has 2 amide bonds. The largest absolute Gasteiger partial charge is 0.481 e. The molecular formula is C36H33N7O3. The van der Waals surface area contributed by atoms with Crippen molar-refractivity contribution >= 4 is 34.1 Å². The molecule has 0 fully saturated rings. The molecule has 0 saturated carbocycles. The lowest BCUT2D eigenvalue weighted by atomic mass is 9.96. The minimum atomic E-state index is -0.723. The highest BCUT2D eigenvalue weighted by Gasteiger charge is 2.39. The van der Waals surface area contributed by atoms with Crippen molar-refractivity contribution < 1.29 is 14.3 Å². The van der Waals surface area contributed by atoms with Gasteiger partial charge in [0.25, 0.3) is 0 Å². The molecule has 10 heteroatoms. The molecule has 0 bridgehead atoms. The molecule has 7 rings (SSSR count). The first kappa shape index (κ1) is 29.0. The number of aromatic nitrogens is 5. The SMILES string of the molecule is COc1ccc(N(C(=O)CN2C(=O)C(Cc3c[nH]c4ccccc34)c3nnc(-c4ccccc4)n3-c3ccccc32)C(C)C)cn1. The third-order valence-electron chi connectivity index (χ3n) is 8.39. The number of nitrogens with one attached hydrogen (secondary N) is 1. The molecule has 3 aromatic heterocycles. The van der Waals surface area contributed by atoms with Crippen molar-refractivity contribution in [2.45, 2.75) is 32.2 Å². The molecule has 0 radical (unpaired) electrons. The van der Waals surface area contributed by atoms with Gasteiger partial charge in [-0.15, -0.1) is 10.2 Å². The van der Waals surface area contributed by atoms with Crippen LogP contribution in [0.25, 0.3) is 28.0 Å². The molecule has 1 unspecified atom stereocenters. The summed E-state index contributed by atoms with van der Waals surface area (Å²) in [5.74, 6) is 0.413. The van der Waals surface area contributed by atoms with Crippen LogP contribution in [0.1, 0.15) is 31.2 Å². The van der Waals surface area contributed by atoms with E-state index in [-0.39, 0.29) is 24.4 Å². The summed E-state index contributed by atoms with van der Waals surface area (Å²) >= 11 is 0. The van der Waals surface area contributed by atoms with Crippen LogP contribution in [0.5, 0.6) is 5.88 Å². The number of hydrogen-bond donors (Lipinski definition) is 1. The Bertz CT molecular complexity index is 2030. The lowest BCUT2D eigenvalue weighted by molar-refractivity contribution is -0.123. The molecule has 6 aromatic rings. The number of anilines is 2. The third kappa shape index (κ3) is 5.07. The van der Waals surface area contributed by atoms with Crippen LogP contribution in [0.15, 0.2) is 103 Å². The van der Waals surface area contributed by atoms with Crippen LogP contribution in [0, 0.1) is 0 Å². The van der Waals surface area contributed by atoms with Gasteiger partial charge in [0.15, 0.2) is 11.6 Å². The summed E-state index contributed by atoms with van der Waals surface area (Å²) in [4.78, 5) is 40.0. The van der Waals surface area contributed by atoms with Crippen LogP contribution in [-0.2, 0) is 16.0 Å². The molecule has 1 aliphatic rings. The van der Waals surface area contributed by atoms with Crippen LogP contribution in [-0.4, -0.2) is 56.2 Å². The number of H-pyrrole nitrogens is 1. The normalized spacial score (nSPS) is 14.2. The van der Waals surface area contributed by atoms with Crippen molar-refractivity contribution in [3.05, 3.63) is 115 Å².